The van der Waals surface area contributed by atoms with Crippen LogP contribution in [0.1, 0.15) is 59.3 Å². The largest absolute Gasteiger partial charge is 0.462 e. The van der Waals surface area contributed by atoms with Crippen LogP contribution in [-0.2, 0) is 32.7 Å². The minimum Gasteiger partial charge on any atom is -0.462 e. The molecule has 0 atom stereocenters. The van der Waals surface area contributed by atoms with Crippen molar-refractivity contribution in [2.75, 3.05) is 32.6 Å². The molecule has 0 aliphatic heterocycles. The quantitative estimate of drug-likeness (QED) is 0.145. The summed E-state index contributed by atoms with van der Waals surface area (Å²) < 4.78 is 33.9. The first-order valence-corrected chi connectivity index (χ1v) is 11.5. The van der Waals surface area contributed by atoms with Gasteiger partial charge < -0.3 is 18.5 Å². The lowest BCUT2D eigenvalue weighted by Gasteiger charge is -2.18. The Morgan fingerprint density at radius 2 is 1.14 bits per heavy atom. The maximum absolute atomic E-state index is 12.8. The molecule has 0 aromatic heterocycles. The van der Waals surface area contributed by atoms with Crippen molar-refractivity contribution in [2.24, 2.45) is 0 Å². The van der Waals surface area contributed by atoms with E-state index in [1.807, 2.05) is 6.92 Å². The van der Waals surface area contributed by atoms with Crippen LogP contribution in [0.4, 0.5) is 0 Å². The Kier molecular flexibility index (Phi) is 14.7. The van der Waals surface area contributed by atoms with Gasteiger partial charge in [-0.15, -0.1) is 0 Å². The van der Waals surface area contributed by atoms with Gasteiger partial charge in [-0.1, -0.05) is 26.5 Å². The van der Waals surface area contributed by atoms with E-state index in [9.17, 15) is 14.2 Å². The van der Waals surface area contributed by atoms with Gasteiger partial charge in [0.15, 0.2) is 0 Å². The third kappa shape index (κ3) is 13.7. The fraction of sp³-hybridized carbons (Fsp3) is 0.700. The highest BCUT2D eigenvalue weighted by molar-refractivity contribution is 7.53. The van der Waals surface area contributed by atoms with E-state index >= 15 is 0 Å². The van der Waals surface area contributed by atoms with E-state index in [2.05, 4.69) is 13.2 Å². The lowest BCUT2D eigenvalue weighted by Crippen LogP contribution is -2.08. The second-order valence-corrected chi connectivity index (χ2v) is 8.79. The lowest BCUT2D eigenvalue weighted by atomic mass is 10.3. The molecule has 0 fully saturated rings. The van der Waals surface area contributed by atoms with E-state index in [1.54, 1.807) is 13.8 Å². The fourth-order valence-corrected chi connectivity index (χ4v) is 3.76. The average molecular weight is 418 g/mol. The Morgan fingerprint density at radius 1 is 0.750 bits per heavy atom. The van der Waals surface area contributed by atoms with Gasteiger partial charge in [0.1, 0.15) is 0 Å². The van der Waals surface area contributed by atoms with Crippen LogP contribution < -0.4 is 0 Å². The number of hydrogen-bond donors (Lipinski definition) is 0. The molecule has 0 rings (SSSR count). The molecule has 0 bridgehead atoms. The zero-order valence-corrected chi connectivity index (χ0v) is 18.4. The van der Waals surface area contributed by atoms with Crippen molar-refractivity contribution in [1.29, 1.82) is 0 Å². The third-order valence-corrected chi connectivity index (χ3v) is 5.62. The van der Waals surface area contributed by atoms with E-state index in [-0.39, 0.29) is 26.4 Å². The second-order valence-electron chi connectivity index (χ2n) is 6.60. The van der Waals surface area contributed by atoms with Crippen LogP contribution in [-0.4, -0.2) is 44.5 Å². The number of carbonyl (C=O) groups excluding carboxylic acids is 2. The van der Waals surface area contributed by atoms with Gasteiger partial charge in [-0.05, 0) is 46.0 Å². The molecule has 7 nitrogen and oxygen atoms in total. The minimum absolute atomic E-state index is 0.276. The minimum atomic E-state index is -3.15. The number of esters is 2. The van der Waals surface area contributed by atoms with Crippen molar-refractivity contribution in [1.82, 2.24) is 0 Å². The number of unbranched alkanes of at least 4 members (excludes halogenated alkanes) is 3. The summed E-state index contributed by atoms with van der Waals surface area (Å²) in [6, 6.07) is 0. The molecular formula is C20H35O7P. The van der Waals surface area contributed by atoms with E-state index in [0.29, 0.717) is 43.0 Å². The predicted octanol–water partition coefficient (Wildman–Crippen LogP) is 4.81. The summed E-state index contributed by atoms with van der Waals surface area (Å²) in [6.45, 7) is 13.3. The number of hydrogen-bond acceptors (Lipinski definition) is 7. The van der Waals surface area contributed by atoms with E-state index in [1.165, 1.54) is 0 Å². The highest BCUT2D eigenvalue weighted by Gasteiger charge is 2.23. The molecule has 0 N–H and O–H groups in total. The first-order valence-electron chi connectivity index (χ1n) is 9.75. The molecule has 162 valence electrons. The molecule has 8 heteroatoms. The van der Waals surface area contributed by atoms with Crippen LogP contribution in [0, 0.1) is 0 Å². The smallest absolute Gasteiger partial charge is 0.333 e. The Morgan fingerprint density at radius 3 is 1.50 bits per heavy atom. The van der Waals surface area contributed by atoms with Gasteiger partial charge in [-0.25, -0.2) is 9.59 Å². The summed E-state index contributed by atoms with van der Waals surface area (Å²) in [5.74, 6) is -0.821. The van der Waals surface area contributed by atoms with Gasteiger partial charge >= 0.3 is 19.5 Å². The summed E-state index contributed by atoms with van der Waals surface area (Å²) in [7, 11) is -3.15. The Balaban J connectivity index is 4.06. The summed E-state index contributed by atoms with van der Waals surface area (Å²) in [5.41, 5.74) is 0.728. The highest BCUT2D eigenvalue weighted by atomic mass is 31.2. The Bertz CT molecular complexity index is 515. The number of rotatable bonds is 17. The maximum Gasteiger partial charge on any atom is 0.333 e. The molecule has 0 unspecified atom stereocenters. The first kappa shape index (κ1) is 26.6. The van der Waals surface area contributed by atoms with Crippen molar-refractivity contribution in [3.63, 3.8) is 0 Å². The fourth-order valence-electron chi connectivity index (χ4n) is 1.91. The predicted molar refractivity (Wildman–Crippen MR) is 109 cm³/mol. The summed E-state index contributed by atoms with van der Waals surface area (Å²) in [4.78, 5) is 22.5. The van der Waals surface area contributed by atoms with E-state index in [4.69, 9.17) is 18.5 Å². The van der Waals surface area contributed by atoms with E-state index < -0.39 is 19.5 Å². The van der Waals surface area contributed by atoms with Gasteiger partial charge in [0.25, 0.3) is 0 Å². The summed E-state index contributed by atoms with van der Waals surface area (Å²) in [6.07, 6.45) is 4.47. The van der Waals surface area contributed by atoms with Gasteiger partial charge in [-0.3, -0.25) is 4.57 Å². The van der Waals surface area contributed by atoms with Crippen LogP contribution >= 0.6 is 7.60 Å². The van der Waals surface area contributed by atoms with Crippen LogP contribution in [0.3, 0.4) is 0 Å². The molecule has 0 heterocycles. The molecular weight excluding hydrogens is 383 g/mol. The van der Waals surface area contributed by atoms with Crippen LogP contribution in [0.5, 0.6) is 0 Å². The van der Waals surface area contributed by atoms with Gasteiger partial charge in [0.2, 0.25) is 0 Å². The molecule has 0 radical (unpaired) electrons. The van der Waals surface area contributed by atoms with Crippen molar-refractivity contribution < 1.29 is 32.7 Å². The zero-order chi connectivity index (χ0) is 21.4. The van der Waals surface area contributed by atoms with Crippen molar-refractivity contribution >= 4 is 19.5 Å². The van der Waals surface area contributed by atoms with Crippen molar-refractivity contribution in [3.05, 3.63) is 24.3 Å². The first-order chi connectivity index (χ1) is 13.2. The molecule has 0 aromatic carbocycles. The zero-order valence-electron chi connectivity index (χ0n) is 17.5. The maximum atomic E-state index is 12.8. The van der Waals surface area contributed by atoms with Crippen LogP contribution in [0.15, 0.2) is 24.3 Å². The highest BCUT2D eigenvalue weighted by Crippen LogP contribution is 2.49. The number of carbonyl (C=O) groups is 2. The van der Waals surface area contributed by atoms with Crippen molar-refractivity contribution in [2.45, 2.75) is 59.3 Å². The molecule has 0 amide bonds. The number of ether oxygens (including phenoxy) is 2. The van der Waals surface area contributed by atoms with Crippen molar-refractivity contribution in [3.8, 4) is 0 Å². The van der Waals surface area contributed by atoms with E-state index in [0.717, 1.165) is 12.8 Å². The third-order valence-electron chi connectivity index (χ3n) is 3.60. The molecule has 0 spiro atoms. The molecule has 0 saturated carbocycles. The summed E-state index contributed by atoms with van der Waals surface area (Å²) in [5, 5.41) is 0. The van der Waals surface area contributed by atoms with Crippen LogP contribution in [0.2, 0.25) is 0 Å². The van der Waals surface area contributed by atoms with Crippen LogP contribution in [0.25, 0.3) is 0 Å². The molecule has 0 aliphatic carbocycles. The molecule has 0 aromatic rings. The topological polar surface area (TPSA) is 88.1 Å². The lowest BCUT2D eigenvalue weighted by molar-refractivity contribution is -0.139. The molecule has 0 aliphatic rings. The SMILES string of the molecule is C=C(C)C(=O)OCCCCOP(=O)(CCCC)OCCCCOC(=O)C(=C)C. The van der Waals surface area contributed by atoms with Gasteiger partial charge in [0, 0.05) is 11.1 Å². The molecule has 0 saturated heterocycles. The monoisotopic (exact) mass is 418 g/mol. The molecule has 28 heavy (non-hydrogen) atoms. The summed E-state index contributed by atoms with van der Waals surface area (Å²) >= 11 is 0. The standard InChI is InChI=1S/C20H35O7P/c1-6-7-16-28(23,26-14-10-8-12-24-19(21)17(2)3)27-15-11-9-13-25-20(22)18(4)5/h2,4,6-16H2,1,3,5H3. The average Bonchev–Trinajstić information content (AvgIpc) is 2.65. The Hall–Kier alpha value is -1.43. The van der Waals surface area contributed by atoms with Gasteiger partial charge in [0.05, 0.1) is 32.6 Å². The van der Waals surface area contributed by atoms with Gasteiger partial charge in [-0.2, -0.15) is 0 Å². The second kappa shape index (κ2) is 15.5. The Labute approximate surface area is 169 Å². The normalized spacial score (nSPS) is 11.1.